The molecule has 230 valence electrons. The predicted molar refractivity (Wildman–Crippen MR) is 176 cm³/mol. The molecule has 0 radical (unpaired) electrons. The molecule has 0 fully saturated rings. The van der Waals surface area contributed by atoms with Crippen LogP contribution in [0.3, 0.4) is 0 Å². The lowest BCUT2D eigenvalue weighted by molar-refractivity contribution is 0.0593. The van der Waals surface area contributed by atoms with Crippen LogP contribution in [0.15, 0.2) is 101 Å². The fourth-order valence-electron chi connectivity index (χ4n) is 4.97. The number of nitrogens with zero attached hydrogens (tertiary/aromatic N) is 2. The summed E-state index contributed by atoms with van der Waals surface area (Å²) in [6, 6.07) is 27.8. The number of carbonyl (C=O) groups excluding carboxylic acids is 1. The zero-order valence-electron chi connectivity index (χ0n) is 26.1. The third kappa shape index (κ3) is 6.26. The third-order valence-electron chi connectivity index (χ3n) is 6.99. The number of rotatable bonds is 7. The minimum absolute atomic E-state index is 0.107. The molecule has 0 bridgehead atoms. The van der Waals surface area contributed by atoms with Crippen LogP contribution in [0.1, 0.15) is 56.4 Å². The van der Waals surface area contributed by atoms with Crippen LogP contribution < -0.4 is 4.18 Å². The average Bonchev–Trinajstić information content (AvgIpc) is 3.41. The molecule has 1 heterocycles. The molecule has 44 heavy (non-hydrogen) atoms. The van der Waals surface area contributed by atoms with E-state index in [-0.39, 0.29) is 11.1 Å². The van der Waals surface area contributed by atoms with Gasteiger partial charge in [0.15, 0.2) is 17.3 Å². The lowest BCUT2D eigenvalue weighted by Crippen LogP contribution is -2.30. The summed E-state index contributed by atoms with van der Waals surface area (Å²) >= 11 is 0. The monoisotopic (exact) mass is 616 g/mol. The van der Waals surface area contributed by atoms with Crippen LogP contribution >= 0.6 is 10.3 Å². The van der Waals surface area contributed by atoms with Gasteiger partial charge >= 0.3 is 5.97 Å². The van der Waals surface area contributed by atoms with Crippen molar-refractivity contribution in [2.75, 3.05) is 7.11 Å². The van der Waals surface area contributed by atoms with Crippen molar-refractivity contribution in [3.05, 3.63) is 120 Å². The number of esters is 1. The van der Waals surface area contributed by atoms with Gasteiger partial charge in [-0.15, -0.1) is 0 Å². The summed E-state index contributed by atoms with van der Waals surface area (Å²) in [4.78, 5) is 14.0. The van der Waals surface area contributed by atoms with Crippen molar-refractivity contribution in [2.24, 2.45) is 7.05 Å². The van der Waals surface area contributed by atoms with E-state index in [0.717, 1.165) is 15.9 Å². The van der Waals surface area contributed by atoms with Gasteiger partial charge in [-0.3, -0.25) is 4.68 Å². The topological polar surface area (TPSA) is 53.4 Å². The van der Waals surface area contributed by atoms with Crippen LogP contribution in [-0.4, -0.2) is 27.6 Å². The maximum Gasteiger partial charge on any atom is 0.358 e. The highest BCUT2D eigenvalue weighted by atomic mass is 32.3. The molecule has 1 aromatic heterocycles. The minimum Gasteiger partial charge on any atom is -0.464 e. The van der Waals surface area contributed by atoms with E-state index < -0.39 is 32.7 Å². The molecule has 8 heteroatoms. The molecule has 0 unspecified atom stereocenters. The summed E-state index contributed by atoms with van der Waals surface area (Å²) in [6.07, 6.45) is 3.51. The first kappa shape index (κ1) is 32.5. The Morgan fingerprint density at radius 3 is 1.98 bits per heavy atom. The highest BCUT2D eigenvalue weighted by Crippen LogP contribution is 2.71. The Balaban J connectivity index is 0.00000216. The SMILES string of the molecule is CC.COC(=O)c1cc(/C=C/c2cc(OS(c3ccccc3)(c3ccccc3)C(C)(C)C)c3ccc(F)c(F)c3c2)n(C)n1. The van der Waals surface area contributed by atoms with Gasteiger partial charge in [0.05, 0.1) is 12.8 Å². The Labute approximate surface area is 259 Å². The van der Waals surface area contributed by atoms with E-state index in [9.17, 15) is 9.18 Å². The van der Waals surface area contributed by atoms with Crippen molar-refractivity contribution in [1.29, 1.82) is 0 Å². The molecular weight excluding hydrogens is 578 g/mol. The summed E-state index contributed by atoms with van der Waals surface area (Å²) in [6.45, 7) is 10.4. The Bertz CT molecular complexity index is 1740. The van der Waals surface area contributed by atoms with Gasteiger partial charge in [-0.05, 0) is 97.3 Å². The number of benzene rings is 4. The van der Waals surface area contributed by atoms with Gasteiger partial charge in [0.25, 0.3) is 0 Å². The van der Waals surface area contributed by atoms with Gasteiger partial charge in [-0.2, -0.15) is 5.10 Å². The summed E-state index contributed by atoms with van der Waals surface area (Å²) in [7, 11) is 0.755. The van der Waals surface area contributed by atoms with Crippen molar-refractivity contribution in [3.63, 3.8) is 0 Å². The Kier molecular flexibility index (Phi) is 9.95. The van der Waals surface area contributed by atoms with Crippen LogP contribution in [0.2, 0.25) is 0 Å². The Morgan fingerprint density at radius 2 is 1.43 bits per heavy atom. The number of hydrogen-bond acceptors (Lipinski definition) is 4. The summed E-state index contributed by atoms with van der Waals surface area (Å²) in [5.74, 6) is -2.00. The highest BCUT2D eigenvalue weighted by molar-refractivity contribution is 8.31. The minimum atomic E-state index is -2.24. The van der Waals surface area contributed by atoms with Crippen molar-refractivity contribution in [2.45, 2.75) is 49.2 Å². The van der Waals surface area contributed by atoms with Crippen LogP contribution in [0.5, 0.6) is 5.75 Å². The second kappa shape index (κ2) is 13.5. The van der Waals surface area contributed by atoms with Gasteiger partial charge in [0, 0.05) is 32.4 Å². The molecular formula is C36H38F2N2O3S. The number of ether oxygens (including phenoxy) is 1. The van der Waals surface area contributed by atoms with Crippen LogP contribution in [0.25, 0.3) is 22.9 Å². The van der Waals surface area contributed by atoms with Crippen molar-refractivity contribution >= 4 is 39.2 Å². The molecule has 5 nitrogen and oxygen atoms in total. The molecule has 0 amide bonds. The molecule has 5 aromatic rings. The molecule has 0 spiro atoms. The smallest absolute Gasteiger partial charge is 0.358 e. The number of aryl methyl sites for hydroxylation is 1. The molecule has 0 aliphatic carbocycles. The molecule has 0 N–H and O–H groups in total. The maximum absolute atomic E-state index is 15.3. The van der Waals surface area contributed by atoms with Crippen molar-refractivity contribution in [1.82, 2.24) is 9.78 Å². The first-order chi connectivity index (χ1) is 21.0. The molecule has 0 aliphatic heterocycles. The van der Waals surface area contributed by atoms with Crippen LogP contribution in [0, 0.1) is 11.6 Å². The summed E-state index contributed by atoms with van der Waals surface area (Å²) in [5, 5.41) is 4.76. The average molecular weight is 617 g/mol. The number of fused-ring (bicyclic) bond motifs is 1. The maximum atomic E-state index is 15.3. The van der Waals surface area contributed by atoms with Crippen molar-refractivity contribution in [3.8, 4) is 5.75 Å². The van der Waals surface area contributed by atoms with Gasteiger partial charge < -0.3 is 8.92 Å². The van der Waals surface area contributed by atoms with E-state index in [2.05, 4.69) is 50.1 Å². The molecule has 0 saturated carbocycles. The largest absolute Gasteiger partial charge is 0.464 e. The first-order valence-corrected chi connectivity index (χ1v) is 16.0. The van der Waals surface area contributed by atoms with E-state index >= 15 is 4.39 Å². The molecule has 0 atom stereocenters. The fourth-order valence-corrected chi connectivity index (χ4v) is 8.59. The molecule has 5 rings (SSSR count). The molecule has 4 aromatic carbocycles. The van der Waals surface area contributed by atoms with Gasteiger partial charge in [0.1, 0.15) is 5.75 Å². The van der Waals surface area contributed by atoms with E-state index in [4.69, 9.17) is 8.92 Å². The van der Waals surface area contributed by atoms with Crippen LogP contribution in [0.4, 0.5) is 8.78 Å². The normalized spacial score (nSPS) is 12.1. The quantitative estimate of drug-likeness (QED) is 0.171. The Morgan fingerprint density at radius 1 is 0.841 bits per heavy atom. The zero-order valence-corrected chi connectivity index (χ0v) is 26.9. The second-order valence-corrected chi connectivity index (χ2v) is 14.2. The lowest BCUT2D eigenvalue weighted by atomic mass is 10.0. The predicted octanol–water partition coefficient (Wildman–Crippen LogP) is 9.85. The Hall–Kier alpha value is -4.43. The van der Waals surface area contributed by atoms with E-state index in [0.29, 0.717) is 22.4 Å². The summed E-state index contributed by atoms with van der Waals surface area (Å²) < 4.78 is 42.9. The third-order valence-corrected chi connectivity index (χ3v) is 11.0. The van der Waals surface area contributed by atoms with Crippen LogP contribution in [-0.2, 0) is 11.8 Å². The number of hydrogen-bond donors (Lipinski definition) is 0. The number of halogens is 2. The summed E-state index contributed by atoms with van der Waals surface area (Å²) in [5.41, 5.74) is 1.38. The first-order valence-electron chi connectivity index (χ1n) is 14.4. The lowest BCUT2D eigenvalue weighted by Gasteiger charge is -2.50. The number of aromatic nitrogens is 2. The zero-order chi connectivity index (χ0) is 32.1. The second-order valence-electron chi connectivity index (χ2n) is 10.8. The molecule has 0 aliphatic rings. The van der Waals surface area contributed by atoms with E-state index in [1.54, 1.807) is 42.1 Å². The van der Waals surface area contributed by atoms with Gasteiger partial charge in [-0.25, -0.2) is 13.6 Å². The number of methoxy groups -OCH3 is 1. The van der Waals surface area contributed by atoms with Crippen molar-refractivity contribution < 1.29 is 22.5 Å². The van der Waals surface area contributed by atoms with Gasteiger partial charge in [0.2, 0.25) is 0 Å². The highest BCUT2D eigenvalue weighted by Gasteiger charge is 2.43. The standard InChI is InChI=1S/C34H32F2N2O3S.C2H6/c1-34(2,3)42(25-12-8-6-9-13-25,26-14-10-7-11-15-26)41-31-21-23(20-28-27(31)18-19-29(35)32(28)36)16-17-24-22-30(33(39)40-5)37-38(24)4;1-2/h6-22H,1-5H3;1-2H3/b17-16+;. The van der Waals surface area contributed by atoms with E-state index in [1.165, 1.54) is 7.11 Å². The van der Waals surface area contributed by atoms with Gasteiger partial charge in [-0.1, -0.05) is 56.3 Å². The van der Waals surface area contributed by atoms with E-state index in [1.807, 2.05) is 56.3 Å². The molecule has 0 saturated heterocycles. The number of carbonyl (C=O) groups is 1. The fraction of sp³-hybridized carbons (Fsp3) is 0.222.